The molecule has 0 unspecified atom stereocenters. The van der Waals surface area contributed by atoms with Gasteiger partial charge in [0.2, 0.25) is 0 Å². The summed E-state index contributed by atoms with van der Waals surface area (Å²) >= 11 is 6.19. The van der Waals surface area contributed by atoms with Crippen molar-refractivity contribution in [3.05, 3.63) is 109 Å². The molecule has 3 aromatic carbocycles. The first-order valence-electron chi connectivity index (χ1n) is 13.4. The molecule has 0 aliphatic carbocycles. The third-order valence-corrected chi connectivity index (χ3v) is 9.12. The Morgan fingerprint density at radius 3 is 2.43 bits per heavy atom. The quantitative estimate of drug-likeness (QED) is 0.130. The maximum atomic E-state index is 13.9. The van der Waals surface area contributed by atoms with Gasteiger partial charge in [0.25, 0.3) is 21.6 Å². The van der Waals surface area contributed by atoms with Crippen LogP contribution in [0.5, 0.6) is 5.75 Å². The Labute approximate surface area is 260 Å². The predicted octanol–water partition coefficient (Wildman–Crippen LogP) is 5.94. The highest BCUT2D eigenvalue weighted by atomic mass is 35.5. The molecular formula is C31H32ClN5O6S. The van der Waals surface area contributed by atoms with Crippen LogP contribution >= 0.6 is 11.6 Å². The second-order valence-electron chi connectivity index (χ2n) is 10.3. The highest BCUT2D eigenvalue weighted by Gasteiger charge is 2.31. The van der Waals surface area contributed by atoms with Gasteiger partial charge >= 0.3 is 0 Å². The Morgan fingerprint density at radius 1 is 1.05 bits per heavy atom. The molecule has 1 N–H and O–H groups in total. The van der Waals surface area contributed by atoms with E-state index in [2.05, 4.69) is 27.2 Å². The Hall–Kier alpha value is -4.68. The summed E-state index contributed by atoms with van der Waals surface area (Å²) in [4.78, 5) is 23.6. The number of rotatable bonds is 10. The van der Waals surface area contributed by atoms with E-state index in [1.165, 1.54) is 50.6 Å². The summed E-state index contributed by atoms with van der Waals surface area (Å²) in [5.74, 6) is -0.647. The van der Waals surface area contributed by atoms with Crippen LogP contribution in [0.25, 0.3) is 5.69 Å². The summed E-state index contributed by atoms with van der Waals surface area (Å²) in [6, 6.07) is 16.0. The minimum atomic E-state index is -4.52. The Balaban J connectivity index is 1.66. The third-order valence-electron chi connectivity index (χ3n) is 7.13. The van der Waals surface area contributed by atoms with Crippen molar-refractivity contribution in [1.82, 2.24) is 9.99 Å². The summed E-state index contributed by atoms with van der Waals surface area (Å²) in [6.45, 7) is 8.75. The minimum absolute atomic E-state index is 0.0283. The van der Waals surface area contributed by atoms with E-state index in [4.69, 9.17) is 16.3 Å². The molecule has 0 spiro atoms. The van der Waals surface area contributed by atoms with Crippen molar-refractivity contribution >= 4 is 45.1 Å². The first-order chi connectivity index (χ1) is 20.7. The molecular weight excluding hydrogens is 606 g/mol. The highest BCUT2D eigenvalue weighted by molar-refractivity contribution is 7.92. The summed E-state index contributed by atoms with van der Waals surface area (Å²) in [7, 11) is -3.18. The number of carbonyl (C=O) groups is 1. The van der Waals surface area contributed by atoms with Crippen molar-refractivity contribution in [3.63, 3.8) is 0 Å². The second kappa shape index (κ2) is 12.9. The number of nitrogens with zero attached hydrogens (tertiary/aromatic N) is 4. The number of halogens is 1. The van der Waals surface area contributed by atoms with Crippen LogP contribution in [0.3, 0.4) is 0 Å². The average Bonchev–Trinajstić information content (AvgIpc) is 3.25. The number of amides is 1. The van der Waals surface area contributed by atoms with Crippen LogP contribution in [0, 0.1) is 44.7 Å². The lowest BCUT2D eigenvalue weighted by atomic mass is 10.1. The molecule has 1 aromatic heterocycles. The molecule has 0 aliphatic rings. The summed E-state index contributed by atoms with van der Waals surface area (Å²) in [5, 5.41) is 15.8. The topological polar surface area (TPSA) is 136 Å². The number of ether oxygens (including phenoxy) is 1. The van der Waals surface area contributed by atoms with Gasteiger partial charge < -0.3 is 9.30 Å². The normalized spacial score (nSPS) is 11.5. The Bertz CT molecular complexity index is 1900. The molecule has 0 atom stereocenters. The van der Waals surface area contributed by atoms with E-state index in [0.717, 1.165) is 44.1 Å². The first kappa shape index (κ1) is 32.2. The number of sulfonamides is 1. The molecule has 4 rings (SSSR count). The number of aryl methyl sites for hydroxylation is 4. The number of hydrogen-bond donors (Lipinski definition) is 1. The van der Waals surface area contributed by atoms with E-state index in [0.29, 0.717) is 0 Å². The van der Waals surface area contributed by atoms with E-state index < -0.39 is 27.4 Å². The van der Waals surface area contributed by atoms with Crippen LogP contribution < -0.4 is 14.5 Å². The van der Waals surface area contributed by atoms with Gasteiger partial charge in [0, 0.05) is 39.3 Å². The molecule has 4 aromatic rings. The van der Waals surface area contributed by atoms with E-state index in [1.54, 1.807) is 0 Å². The van der Waals surface area contributed by atoms with Gasteiger partial charge in [-0.2, -0.15) is 5.10 Å². The molecule has 13 heteroatoms. The first-order valence-corrected chi connectivity index (χ1v) is 15.3. The van der Waals surface area contributed by atoms with Crippen LogP contribution in [-0.4, -0.2) is 43.7 Å². The van der Waals surface area contributed by atoms with Crippen molar-refractivity contribution in [2.45, 2.75) is 39.5 Å². The molecule has 0 radical (unpaired) electrons. The maximum Gasteiger partial charge on any atom is 0.273 e. The molecule has 1 heterocycles. The molecule has 0 saturated carbocycles. The van der Waals surface area contributed by atoms with Gasteiger partial charge in [-0.3, -0.25) is 19.2 Å². The van der Waals surface area contributed by atoms with E-state index >= 15 is 0 Å². The van der Waals surface area contributed by atoms with Crippen molar-refractivity contribution < 1.29 is 22.9 Å². The monoisotopic (exact) mass is 637 g/mol. The fourth-order valence-electron chi connectivity index (χ4n) is 4.82. The molecule has 11 nitrogen and oxygen atoms in total. The number of methoxy groups -OCH3 is 1. The van der Waals surface area contributed by atoms with Crippen molar-refractivity contribution in [2.24, 2.45) is 5.10 Å². The van der Waals surface area contributed by atoms with Crippen molar-refractivity contribution in [1.29, 1.82) is 0 Å². The van der Waals surface area contributed by atoms with Gasteiger partial charge in [-0.15, -0.1) is 0 Å². The number of nitrogens with one attached hydrogen (secondary N) is 1. The molecule has 0 saturated heterocycles. The Kier molecular flexibility index (Phi) is 9.45. The van der Waals surface area contributed by atoms with Gasteiger partial charge in [0.15, 0.2) is 0 Å². The zero-order chi connectivity index (χ0) is 32.3. The lowest BCUT2D eigenvalue weighted by molar-refractivity contribution is -0.385. The third kappa shape index (κ3) is 6.61. The Morgan fingerprint density at radius 2 is 1.75 bits per heavy atom. The minimum Gasteiger partial charge on any atom is -0.495 e. The second-order valence-corrected chi connectivity index (χ2v) is 12.6. The van der Waals surface area contributed by atoms with E-state index in [1.807, 2.05) is 39.8 Å². The number of hydrogen-bond acceptors (Lipinski definition) is 7. The molecule has 44 heavy (non-hydrogen) atoms. The average molecular weight is 638 g/mol. The highest BCUT2D eigenvalue weighted by Crippen LogP contribution is 2.35. The molecule has 1 amide bonds. The SMILES string of the molecule is COc1ccc(Cl)cc1N(CC(=O)N/N=C\c1cc(C)n(-c2cc(C)ccc2C)c1C)S(=O)(=O)c1ccc(C)c([N+](=O)[O-])c1. The fourth-order valence-corrected chi connectivity index (χ4v) is 6.43. The lowest BCUT2D eigenvalue weighted by Gasteiger charge is -2.25. The summed E-state index contributed by atoms with van der Waals surface area (Å²) in [5.41, 5.74) is 8.17. The van der Waals surface area contributed by atoms with Crippen LogP contribution in [0.15, 0.2) is 70.7 Å². The van der Waals surface area contributed by atoms with Gasteiger partial charge in [-0.25, -0.2) is 13.8 Å². The number of anilines is 1. The van der Waals surface area contributed by atoms with Crippen LogP contribution in [0.2, 0.25) is 5.02 Å². The number of nitro groups is 1. The van der Waals surface area contributed by atoms with Crippen molar-refractivity contribution in [2.75, 3.05) is 18.0 Å². The summed E-state index contributed by atoms with van der Waals surface area (Å²) < 4.78 is 36.0. The van der Waals surface area contributed by atoms with E-state index in [-0.39, 0.29) is 32.6 Å². The predicted molar refractivity (Wildman–Crippen MR) is 171 cm³/mol. The number of hydrazone groups is 1. The van der Waals surface area contributed by atoms with Gasteiger partial charge in [-0.05, 0) is 82.1 Å². The van der Waals surface area contributed by atoms with Gasteiger partial charge in [0.1, 0.15) is 12.3 Å². The fraction of sp³-hybridized carbons (Fsp3) is 0.226. The van der Waals surface area contributed by atoms with Crippen LogP contribution in [-0.2, 0) is 14.8 Å². The number of benzene rings is 3. The zero-order valence-electron chi connectivity index (χ0n) is 25.1. The van der Waals surface area contributed by atoms with Crippen molar-refractivity contribution in [3.8, 4) is 11.4 Å². The number of aromatic nitrogens is 1. The smallest absolute Gasteiger partial charge is 0.273 e. The molecule has 230 valence electrons. The van der Waals surface area contributed by atoms with Crippen LogP contribution in [0.4, 0.5) is 11.4 Å². The molecule has 0 aliphatic heterocycles. The van der Waals surface area contributed by atoms with Crippen LogP contribution in [0.1, 0.15) is 33.6 Å². The number of nitro benzene ring substituents is 1. The maximum absolute atomic E-state index is 13.9. The van der Waals surface area contributed by atoms with Gasteiger partial charge in [-0.1, -0.05) is 29.8 Å². The lowest BCUT2D eigenvalue weighted by Crippen LogP contribution is -2.39. The molecule has 0 bridgehead atoms. The molecule has 0 fully saturated rings. The number of carbonyl (C=O) groups excluding carboxylic acids is 1. The standard InChI is InChI=1S/C31H32ClN5O6S/c1-19-7-8-20(2)27(13-19)36-22(4)14-24(23(36)5)17-33-34-31(38)18-35(29-15-25(32)10-12-30(29)43-6)44(41,42)26-11-9-21(3)28(16-26)37(39)40/h7-17H,18H2,1-6H3,(H,34,38)/b33-17-. The van der Waals surface area contributed by atoms with E-state index in [9.17, 15) is 23.3 Å². The zero-order valence-corrected chi connectivity index (χ0v) is 26.7. The van der Waals surface area contributed by atoms with Gasteiger partial charge in [0.05, 0.1) is 28.8 Å². The summed E-state index contributed by atoms with van der Waals surface area (Å²) in [6.07, 6.45) is 1.49. The largest absolute Gasteiger partial charge is 0.495 e.